The van der Waals surface area contributed by atoms with E-state index >= 15 is 0 Å². The molecule has 0 saturated carbocycles. The molecule has 1 amide bonds. The number of hydrogen-bond donors (Lipinski definition) is 0. The lowest BCUT2D eigenvalue weighted by Crippen LogP contribution is -2.28. The molecule has 0 atom stereocenters. The zero-order valence-electron chi connectivity index (χ0n) is 16.0. The zero-order chi connectivity index (χ0) is 21.7. The van der Waals surface area contributed by atoms with Gasteiger partial charge in [0.2, 0.25) is 0 Å². The van der Waals surface area contributed by atoms with Crippen LogP contribution in [0.4, 0.5) is 13.2 Å². The maximum atomic E-state index is 13.1. The van der Waals surface area contributed by atoms with Gasteiger partial charge in [0.15, 0.2) is 5.78 Å². The topological polar surface area (TPSA) is 46.6 Å². The Balaban J connectivity index is 1.78. The highest BCUT2D eigenvalue weighted by Gasteiger charge is 2.21. The first-order chi connectivity index (χ1) is 14.3. The van der Waals surface area contributed by atoms with Crippen LogP contribution in [0.3, 0.4) is 0 Å². The van der Waals surface area contributed by atoms with E-state index in [0.29, 0.717) is 5.56 Å². The normalized spacial score (nSPS) is 10.7. The molecule has 0 N–H and O–H groups in total. The average molecular weight is 413 g/mol. The summed E-state index contributed by atoms with van der Waals surface area (Å²) in [7, 11) is 1.57. The molecular weight excluding hydrogens is 395 g/mol. The fraction of sp³-hybridized carbons (Fsp3) is 0.130. The Morgan fingerprint density at radius 2 is 1.50 bits per heavy atom. The molecule has 0 bridgehead atoms. The summed E-state index contributed by atoms with van der Waals surface area (Å²) in [5, 5.41) is 0. The molecule has 3 rings (SSSR count). The number of nitrogens with zero attached hydrogens (tertiary/aromatic N) is 1. The molecule has 0 aliphatic rings. The molecule has 0 aliphatic carbocycles. The number of carbonyl (C=O) groups excluding carboxylic acids is 2. The van der Waals surface area contributed by atoms with Crippen LogP contribution in [0.1, 0.15) is 31.8 Å². The van der Waals surface area contributed by atoms with Crippen molar-refractivity contribution >= 4 is 11.7 Å². The third-order valence-electron chi connectivity index (χ3n) is 4.42. The predicted molar refractivity (Wildman–Crippen MR) is 105 cm³/mol. The second-order valence-electron chi connectivity index (χ2n) is 6.57. The summed E-state index contributed by atoms with van der Waals surface area (Å²) < 4.78 is 41.9. The molecule has 0 fully saturated rings. The second kappa shape index (κ2) is 9.26. The van der Waals surface area contributed by atoms with E-state index < -0.39 is 12.4 Å². The van der Waals surface area contributed by atoms with Crippen LogP contribution in [-0.4, -0.2) is 30.2 Å². The number of carbonyl (C=O) groups is 2. The van der Waals surface area contributed by atoms with E-state index in [4.69, 9.17) is 0 Å². The maximum Gasteiger partial charge on any atom is 0.387 e. The summed E-state index contributed by atoms with van der Waals surface area (Å²) in [4.78, 5) is 27.2. The lowest BCUT2D eigenvalue weighted by atomic mass is 9.97. The van der Waals surface area contributed by atoms with Crippen molar-refractivity contribution in [1.29, 1.82) is 0 Å². The molecule has 0 saturated heterocycles. The summed E-state index contributed by atoms with van der Waals surface area (Å²) in [5.74, 6) is -1.20. The number of alkyl halides is 2. The van der Waals surface area contributed by atoms with Gasteiger partial charge < -0.3 is 9.64 Å². The Bertz CT molecular complexity index is 1030. The van der Waals surface area contributed by atoms with Crippen molar-refractivity contribution in [2.24, 2.45) is 0 Å². The van der Waals surface area contributed by atoms with Gasteiger partial charge in [-0.1, -0.05) is 30.3 Å². The Morgan fingerprint density at radius 3 is 2.10 bits per heavy atom. The van der Waals surface area contributed by atoms with E-state index in [1.165, 1.54) is 41.3 Å². The number of halogens is 3. The summed E-state index contributed by atoms with van der Waals surface area (Å²) >= 11 is 0. The molecular formula is C23H18F3NO3. The van der Waals surface area contributed by atoms with Crippen molar-refractivity contribution in [3.05, 3.63) is 101 Å². The van der Waals surface area contributed by atoms with Gasteiger partial charge in [0.05, 0.1) is 5.56 Å². The highest BCUT2D eigenvalue weighted by atomic mass is 19.3. The van der Waals surface area contributed by atoms with Crippen LogP contribution in [0.5, 0.6) is 5.75 Å². The number of rotatable bonds is 7. The molecule has 7 heteroatoms. The zero-order valence-corrected chi connectivity index (χ0v) is 16.0. The van der Waals surface area contributed by atoms with Gasteiger partial charge in [-0.05, 0) is 48.0 Å². The summed E-state index contributed by atoms with van der Waals surface area (Å²) in [6.07, 6.45) is 0. The molecule has 3 aromatic rings. The van der Waals surface area contributed by atoms with Crippen LogP contribution in [0, 0.1) is 5.82 Å². The maximum absolute atomic E-state index is 13.1. The van der Waals surface area contributed by atoms with Crippen molar-refractivity contribution in [3.8, 4) is 5.75 Å². The molecule has 0 unspecified atom stereocenters. The lowest BCUT2D eigenvalue weighted by molar-refractivity contribution is -0.0498. The van der Waals surface area contributed by atoms with Gasteiger partial charge in [0.1, 0.15) is 11.6 Å². The smallest absolute Gasteiger partial charge is 0.387 e. The van der Waals surface area contributed by atoms with E-state index in [9.17, 15) is 22.8 Å². The van der Waals surface area contributed by atoms with E-state index in [2.05, 4.69) is 4.74 Å². The fourth-order valence-corrected chi connectivity index (χ4v) is 2.95. The first kappa shape index (κ1) is 21.1. The number of benzene rings is 3. The van der Waals surface area contributed by atoms with Gasteiger partial charge in [-0.3, -0.25) is 9.59 Å². The minimum Gasteiger partial charge on any atom is -0.435 e. The third kappa shape index (κ3) is 5.05. The van der Waals surface area contributed by atoms with Crippen molar-refractivity contribution in [2.45, 2.75) is 13.2 Å². The largest absolute Gasteiger partial charge is 0.435 e. The molecule has 30 heavy (non-hydrogen) atoms. The van der Waals surface area contributed by atoms with Gasteiger partial charge in [0.25, 0.3) is 5.91 Å². The Labute approximate surface area is 171 Å². The molecule has 0 aromatic heterocycles. The number of ether oxygens (including phenoxy) is 1. The molecule has 0 heterocycles. The van der Waals surface area contributed by atoms with Crippen molar-refractivity contribution < 1.29 is 27.5 Å². The van der Waals surface area contributed by atoms with Crippen LogP contribution in [0.2, 0.25) is 0 Å². The Hall–Kier alpha value is -3.61. The van der Waals surface area contributed by atoms with Gasteiger partial charge in [-0.15, -0.1) is 0 Å². The Morgan fingerprint density at radius 1 is 0.900 bits per heavy atom. The Kier molecular flexibility index (Phi) is 6.51. The van der Waals surface area contributed by atoms with E-state index in [1.807, 2.05) is 0 Å². The molecule has 0 radical (unpaired) electrons. The van der Waals surface area contributed by atoms with Gasteiger partial charge in [-0.2, -0.15) is 8.78 Å². The second-order valence-corrected chi connectivity index (χ2v) is 6.57. The SMILES string of the molecule is CN(Cc1ccc(OC(F)F)cc1)C(=O)c1ccccc1C(=O)c1ccc(F)cc1. The van der Waals surface area contributed by atoms with E-state index in [0.717, 1.165) is 0 Å². The van der Waals surface area contributed by atoms with E-state index in [-0.39, 0.29) is 40.7 Å². The van der Waals surface area contributed by atoms with Gasteiger partial charge in [-0.25, -0.2) is 4.39 Å². The molecule has 0 aliphatic heterocycles. The first-order valence-electron chi connectivity index (χ1n) is 9.03. The fourth-order valence-electron chi connectivity index (χ4n) is 2.95. The summed E-state index contributed by atoms with van der Waals surface area (Å²) in [6, 6.07) is 17.5. The van der Waals surface area contributed by atoms with Crippen LogP contribution in [-0.2, 0) is 6.54 Å². The minimum absolute atomic E-state index is 0.0259. The van der Waals surface area contributed by atoms with E-state index in [1.54, 1.807) is 43.4 Å². The van der Waals surface area contributed by atoms with Crippen molar-refractivity contribution in [3.63, 3.8) is 0 Å². The standard InChI is InChI=1S/C23H18F3NO3/c1-27(14-15-6-12-18(13-7-15)30-23(25)26)22(29)20-5-3-2-4-19(20)21(28)16-8-10-17(24)11-9-16/h2-13,23H,14H2,1H3. The number of hydrogen-bond acceptors (Lipinski definition) is 3. The highest BCUT2D eigenvalue weighted by Crippen LogP contribution is 2.19. The van der Waals surface area contributed by atoms with Gasteiger partial charge >= 0.3 is 6.61 Å². The quantitative estimate of drug-likeness (QED) is 0.516. The highest BCUT2D eigenvalue weighted by molar-refractivity contribution is 6.15. The monoisotopic (exact) mass is 413 g/mol. The first-order valence-corrected chi connectivity index (χ1v) is 9.03. The number of ketones is 1. The minimum atomic E-state index is -2.91. The van der Waals surface area contributed by atoms with Crippen molar-refractivity contribution in [2.75, 3.05) is 7.05 Å². The summed E-state index contributed by atoms with van der Waals surface area (Å²) in [6.45, 7) is -2.71. The average Bonchev–Trinajstić information content (AvgIpc) is 2.74. The molecule has 4 nitrogen and oxygen atoms in total. The van der Waals surface area contributed by atoms with Crippen LogP contribution in [0.25, 0.3) is 0 Å². The van der Waals surface area contributed by atoms with Crippen LogP contribution >= 0.6 is 0 Å². The number of amides is 1. The van der Waals surface area contributed by atoms with Crippen molar-refractivity contribution in [1.82, 2.24) is 4.90 Å². The molecule has 0 spiro atoms. The van der Waals surface area contributed by atoms with Crippen LogP contribution < -0.4 is 4.74 Å². The summed E-state index contributed by atoms with van der Waals surface area (Å²) in [5.41, 5.74) is 1.40. The molecule has 3 aromatic carbocycles. The third-order valence-corrected chi connectivity index (χ3v) is 4.42. The van der Waals surface area contributed by atoms with Gasteiger partial charge in [0, 0.05) is 24.7 Å². The van der Waals surface area contributed by atoms with Crippen LogP contribution in [0.15, 0.2) is 72.8 Å². The lowest BCUT2D eigenvalue weighted by Gasteiger charge is -2.19. The predicted octanol–water partition coefficient (Wildman–Crippen LogP) is 4.93. The molecule has 154 valence electrons.